The van der Waals surface area contributed by atoms with Gasteiger partial charge in [-0.05, 0) is 19.1 Å². The molecule has 1 aromatic carbocycles. The first-order chi connectivity index (χ1) is 8.95. The van der Waals surface area contributed by atoms with E-state index in [-0.39, 0.29) is 11.8 Å². The minimum absolute atomic E-state index is 0.310. The van der Waals surface area contributed by atoms with Gasteiger partial charge in [0.2, 0.25) is 0 Å². The predicted molar refractivity (Wildman–Crippen MR) is 72.6 cm³/mol. The molecule has 0 fully saturated rings. The molecule has 0 radical (unpaired) electrons. The van der Waals surface area contributed by atoms with Gasteiger partial charge in [-0.1, -0.05) is 30.7 Å². The highest BCUT2D eigenvalue weighted by Gasteiger charge is 2.22. The number of aliphatic carboxylic acids is 1. The molecular formula is C14H18N2O3. The lowest BCUT2D eigenvalue weighted by Gasteiger charge is -2.19. The Kier molecular flexibility index (Phi) is 5.26. The largest absolute Gasteiger partial charge is 0.480 e. The minimum atomic E-state index is -1.04. The van der Waals surface area contributed by atoms with Crippen molar-refractivity contribution in [2.24, 2.45) is 5.92 Å². The van der Waals surface area contributed by atoms with Gasteiger partial charge in [0.1, 0.15) is 6.04 Å². The number of hydrogen-bond donors (Lipinski definition) is 3. The van der Waals surface area contributed by atoms with Crippen LogP contribution in [0.2, 0.25) is 0 Å². The number of carbonyl (C=O) groups is 2. The van der Waals surface area contributed by atoms with Crippen LogP contribution in [-0.2, 0) is 4.79 Å². The van der Waals surface area contributed by atoms with Crippen LogP contribution in [0.5, 0.6) is 0 Å². The highest BCUT2D eigenvalue weighted by molar-refractivity contribution is 5.94. The molecule has 0 spiro atoms. The van der Waals surface area contributed by atoms with Crippen molar-refractivity contribution >= 4 is 11.9 Å². The number of nitrogens with one attached hydrogen (secondary N) is 2. The van der Waals surface area contributed by atoms with Gasteiger partial charge in [-0.25, -0.2) is 5.43 Å². The quantitative estimate of drug-likeness (QED) is 0.536. The predicted octanol–water partition coefficient (Wildman–Crippen LogP) is 1.50. The lowest BCUT2D eigenvalue weighted by atomic mass is 10.0. The first kappa shape index (κ1) is 14.9. The molecule has 19 heavy (non-hydrogen) atoms. The monoisotopic (exact) mass is 262 g/mol. The summed E-state index contributed by atoms with van der Waals surface area (Å²) in [6.07, 6.45) is 1.52. The summed E-state index contributed by atoms with van der Waals surface area (Å²) in [5, 5.41) is 9.04. The maximum absolute atomic E-state index is 11.8. The summed E-state index contributed by atoms with van der Waals surface area (Å²) in [6, 6.07) is 6.13. The van der Waals surface area contributed by atoms with E-state index in [1.54, 1.807) is 25.1 Å². The van der Waals surface area contributed by atoms with Crippen LogP contribution in [0.4, 0.5) is 0 Å². The second-order valence-electron chi connectivity index (χ2n) is 4.38. The van der Waals surface area contributed by atoms with Gasteiger partial charge in [-0.2, -0.15) is 0 Å². The number of hydrazine groups is 1. The summed E-state index contributed by atoms with van der Waals surface area (Å²) in [4.78, 5) is 22.9. The van der Waals surface area contributed by atoms with Gasteiger partial charge in [0.15, 0.2) is 0 Å². The van der Waals surface area contributed by atoms with Crippen LogP contribution in [0.1, 0.15) is 22.8 Å². The van der Waals surface area contributed by atoms with Gasteiger partial charge in [0.25, 0.3) is 5.91 Å². The summed E-state index contributed by atoms with van der Waals surface area (Å²) < 4.78 is 0. The van der Waals surface area contributed by atoms with E-state index in [4.69, 9.17) is 5.11 Å². The van der Waals surface area contributed by atoms with Crippen molar-refractivity contribution in [3.63, 3.8) is 0 Å². The fourth-order valence-corrected chi connectivity index (χ4v) is 1.56. The first-order valence-electron chi connectivity index (χ1n) is 5.93. The Hall–Kier alpha value is -2.14. The molecule has 0 aliphatic rings. The lowest BCUT2D eigenvalue weighted by Crippen LogP contribution is -2.50. The normalized spacial score (nSPS) is 13.4. The van der Waals surface area contributed by atoms with Crippen molar-refractivity contribution in [1.82, 2.24) is 10.9 Å². The molecule has 0 saturated carbocycles. The zero-order valence-electron chi connectivity index (χ0n) is 11.0. The van der Waals surface area contributed by atoms with E-state index in [1.807, 2.05) is 13.0 Å². The molecule has 2 unspecified atom stereocenters. The summed E-state index contributed by atoms with van der Waals surface area (Å²) in [7, 11) is 0. The zero-order chi connectivity index (χ0) is 14.4. The Labute approximate surface area is 112 Å². The third-order valence-electron chi connectivity index (χ3n) is 2.79. The molecule has 3 N–H and O–H groups in total. The third kappa shape index (κ3) is 4.22. The van der Waals surface area contributed by atoms with E-state index in [2.05, 4.69) is 17.4 Å². The number of carboxylic acid groups (broad SMARTS) is 1. The fourth-order valence-electron chi connectivity index (χ4n) is 1.56. The van der Waals surface area contributed by atoms with Gasteiger partial charge in [0, 0.05) is 11.5 Å². The van der Waals surface area contributed by atoms with Crippen molar-refractivity contribution < 1.29 is 14.7 Å². The molecule has 1 amide bonds. The molecule has 0 aliphatic heterocycles. The summed E-state index contributed by atoms with van der Waals surface area (Å²) >= 11 is 0. The smallest absolute Gasteiger partial charge is 0.323 e. The van der Waals surface area contributed by atoms with Crippen LogP contribution in [0.25, 0.3) is 0 Å². The average Bonchev–Trinajstić information content (AvgIpc) is 2.37. The molecule has 102 valence electrons. The Morgan fingerprint density at radius 3 is 2.63 bits per heavy atom. The van der Waals surface area contributed by atoms with Crippen LogP contribution in [0.15, 0.2) is 36.9 Å². The van der Waals surface area contributed by atoms with Gasteiger partial charge < -0.3 is 5.11 Å². The number of benzene rings is 1. The van der Waals surface area contributed by atoms with Crippen LogP contribution in [-0.4, -0.2) is 23.0 Å². The van der Waals surface area contributed by atoms with Gasteiger partial charge >= 0.3 is 5.97 Å². The Morgan fingerprint density at radius 1 is 1.42 bits per heavy atom. The topological polar surface area (TPSA) is 78.4 Å². The fraction of sp³-hybridized carbons (Fsp3) is 0.286. The third-order valence-corrected chi connectivity index (χ3v) is 2.79. The van der Waals surface area contributed by atoms with E-state index in [0.29, 0.717) is 5.56 Å². The summed E-state index contributed by atoms with van der Waals surface area (Å²) in [5.74, 6) is -1.72. The van der Waals surface area contributed by atoms with Crippen LogP contribution < -0.4 is 10.9 Å². The van der Waals surface area contributed by atoms with E-state index >= 15 is 0 Å². The van der Waals surface area contributed by atoms with Crippen molar-refractivity contribution in [2.45, 2.75) is 19.9 Å². The number of carboxylic acids is 1. The van der Waals surface area contributed by atoms with E-state index < -0.39 is 12.0 Å². The molecule has 0 saturated heterocycles. The lowest BCUT2D eigenvalue weighted by molar-refractivity contribution is -0.140. The summed E-state index contributed by atoms with van der Waals surface area (Å²) in [6.45, 7) is 7.13. The van der Waals surface area contributed by atoms with E-state index in [1.165, 1.54) is 6.08 Å². The molecule has 2 atom stereocenters. The number of aryl methyl sites for hydroxylation is 1. The molecule has 0 heterocycles. The van der Waals surface area contributed by atoms with Crippen molar-refractivity contribution in [3.05, 3.63) is 48.0 Å². The highest BCUT2D eigenvalue weighted by atomic mass is 16.4. The van der Waals surface area contributed by atoms with E-state index in [0.717, 1.165) is 5.56 Å². The minimum Gasteiger partial charge on any atom is -0.480 e. The van der Waals surface area contributed by atoms with Crippen LogP contribution in [0.3, 0.4) is 0 Å². The zero-order valence-corrected chi connectivity index (χ0v) is 11.0. The summed E-state index contributed by atoms with van der Waals surface area (Å²) in [5.41, 5.74) is 6.36. The molecule has 0 aromatic heterocycles. The number of carbonyl (C=O) groups excluding carboxylic acids is 1. The van der Waals surface area contributed by atoms with Crippen LogP contribution in [0, 0.1) is 12.8 Å². The maximum Gasteiger partial charge on any atom is 0.323 e. The SMILES string of the molecule is C=CC(C)C(NNC(=O)c1cccc(C)c1)C(=O)O. The van der Waals surface area contributed by atoms with Crippen molar-refractivity contribution in [3.8, 4) is 0 Å². The number of hydrogen-bond acceptors (Lipinski definition) is 3. The molecule has 1 aromatic rings. The molecule has 5 heteroatoms. The van der Waals surface area contributed by atoms with Crippen LogP contribution >= 0.6 is 0 Å². The Morgan fingerprint density at radius 2 is 2.11 bits per heavy atom. The van der Waals surface area contributed by atoms with E-state index in [9.17, 15) is 9.59 Å². The van der Waals surface area contributed by atoms with Crippen molar-refractivity contribution in [2.75, 3.05) is 0 Å². The molecular weight excluding hydrogens is 244 g/mol. The number of amides is 1. The molecule has 0 bridgehead atoms. The first-order valence-corrected chi connectivity index (χ1v) is 5.93. The number of rotatable bonds is 6. The standard InChI is InChI=1S/C14H18N2O3/c1-4-10(3)12(14(18)19)15-16-13(17)11-7-5-6-9(2)8-11/h4-8,10,12,15H,1H2,2-3H3,(H,16,17)(H,18,19). The molecule has 1 rings (SSSR count). The highest BCUT2D eigenvalue weighted by Crippen LogP contribution is 2.05. The Balaban J connectivity index is 2.67. The van der Waals surface area contributed by atoms with Gasteiger partial charge in [-0.15, -0.1) is 6.58 Å². The Bertz CT molecular complexity index is 485. The van der Waals surface area contributed by atoms with Gasteiger partial charge in [-0.3, -0.25) is 15.0 Å². The second-order valence-corrected chi connectivity index (χ2v) is 4.38. The second kappa shape index (κ2) is 6.70. The van der Waals surface area contributed by atoms with Crippen molar-refractivity contribution in [1.29, 1.82) is 0 Å². The molecule has 0 aliphatic carbocycles. The van der Waals surface area contributed by atoms with Gasteiger partial charge in [0.05, 0.1) is 0 Å². The average molecular weight is 262 g/mol. The maximum atomic E-state index is 11.8. The molecule has 5 nitrogen and oxygen atoms in total.